The molecule has 5 N–H and O–H groups in total. The standard InChI is InChI=1S/C37H53N11O9/c1-10-56-30(51)16-37(21-48(22-37)35(55)57-36(2,3)4)20-39-33(53)25-15-23(17-45(25)7)40-34(54)31-42-26(18-46(31)8)41-28(49)13-14-38-32(52)24-11-12-27(47(24)9)43-29(50)19-44(5)6/h11-12,15,17-18H,10,13-14,16,19-22H2,1-9H3,(H,38,52)(H,39,53)(H,40,54)(H,41,49)(H,43,50). The zero-order valence-corrected chi connectivity index (χ0v) is 33.9. The molecule has 6 amide bonds. The van der Waals surface area contributed by atoms with Gasteiger partial charge in [0.1, 0.15) is 22.8 Å². The maximum Gasteiger partial charge on any atom is 0.410 e. The van der Waals surface area contributed by atoms with Gasteiger partial charge in [0, 0.05) is 71.6 Å². The van der Waals surface area contributed by atoms with Crippen molar-refractivity contribution < 1.29 is 43.0 Å². The first-order valence-electron chi connectivity index (χ1n) is 18.3. The lowest BCUT2D eigenvalue weighted by molar-refractivity contribution is -0.149. The number of aryl methyl sites for hydroxylation is 2. The number of rotatable bonds is 16. The Morgan fingerprint density at radius 1 is 0.860 bits per heavy atom. The number of likely N-dealkylation sites (tertiary alicyclic amines) is 1. The first-order chi connectivity index (χ1) is 26.7. The lowest BCUT2D eigenvalue weighted by atomic mass is 9.76. The van der Waals surface area contributed by atoms with Gasteiger partial charge in [-0.2, -0.15) is 0 Å². The first-order valence-corrected chi connectivity index (χ1v) is 18.3. The summed E-state index contributed by atoms with van der Waals surface area (Å²) >= 11 is 0. The largest absolute Gasteiger partial charge is 0.466 e. The Kier molecular flexibility index (Phi) is 13.9. The van der Waals surface area contributed by atoms with Crippen LogP contribution >= 0.6 is 0 Å². The summed E-state index contributed by atoms with van der Waals surface area (Å²) in [6, 6.07) is 4.66. The van der Waals surface area contributed by atoms with Crippen molar-refractivity contribution in [2.75, 3.05) is 69.4 Å². The summed E-state index contributed by atoms with van der Waals surface area (Å²) in [7, 11) is 8.39. The van der Waals surface area contributed by atoms with Crippen LogP contribution in [0.3, 0.4) is 0 Å². The maximum atomic E-state index is 13.3. The smallest absolute Gasteiger partial charge is 0.410 e. The van der Waals surface area contributed by atoms with Crippen molar-refractivity contribution in [3.63, 3.8) is 0 Å². The minimum Gasteiger partial charge on any atom is -0.466 e. The van der Waals surface area contributed by atoms with Gasteiger partial charge in [-0.15, -0.1) is 0 Å². The Morgan fingerprint density at radius 3 is 2.19 bits per heavy atom. The number of hydrogen-bond acceptors (Lipinski definition) is 11. The highest BCUT2D eigenvalue weighted by molar-refractivity contribution is 6.04. The fraction of sp³-hybridized carbons (Fsp3) is 0.514. The molecule has 0 aliphatic carbocycles. The van der Waals surface area contributed by atoms with Crippen molar-refractivity contribution in [1.29, 1.82) is 0 Å². The van der Waals surface area contributed by atoms with Gasteiger partial charge in [-0.25, -0.2) is 9.78 Å². The number of imidazole rings is 1. The monoisotopic (exact) mass is 795 g/mol. The lowest BCUT2D eigenvalue weighted by Gasteiger charge is -2.49. The fourth-order valence-electron chi connectivity index (χ4n) is 6.08. The minimum absolute atomic E-state index is 0.00674. The average molecular weight is 796 g/mol. The quantitative estimate of drug-likeness (QED) is 0.131. The predicted molar refractivity (Wildman–Crippen MR) is 209 cm³/mol. The van der Waals surface area contributed by atoms with Crippen LogP contribution in [-0.2, 0) is 45.0 Å². The summed E-state index contributed by atoms with van der Waals surface area (Å²) in [6.07, 6.45) is 2.41. The van der Waals surface area contributed by atoms with Crippen LogP contribution in [0.2, 0.25) is 0 Å². The minimum atomic E-state index is -0.750. The molecular weight excluding hydrogens is 742 g/mol. The number of esters is 1. The van der Waals surface area contributed by atoms with Gasteiger partial charge in [0.2, 0.25) is 17.6 Å². The van der Waals surface area contributed by atoms with Crippen molar-refractivity contribution in [2.24, 2.45) is 26.6 Å². The Labute approximate surface area is 330 Å². The third-order valence-corrected chi connectivity index (χ3v) is 8.71. The Balaban J connectivity index is 1.28. The molecule has 0 atom stereocenters. The fourth-order valence-corrected chi connectivity index (χ4v) is 6.08. The molecule has 0 spiro atoms. The second kappa shape index (κ2) is 18.2. The molecule has 3 aromatic rings. The molecule has 0 unspecified atom stereocenters. The van der Waals surface area contributed by atoms with E-state index >= 15 is 0 Å². The van der Waals surface area contributed by atoms with Crippen LogP contribution in [0.15, 0.2) is 30.6 Å². The molecule has 0 bridgehead atoms. The van der Waals surface area contributed by atoms with E-state index < -0.39 is 46.7 Å². The lowest BCUT2D eigenvalue weighted by Crippen LogP contribution is -2.63. The number of carbonyl (C=O) groups excluding carboxylic acids is 7. The van der Waals surface area contributed by atoms with E-state index in [0.29, 0.717) is 17.2 Å². The average Bonchev–Trinajstić information content (AvgIpc) is 3.75. The molecule has 310 valence electrons. The normalized spacial score (nSPS) is 13.3. The molecule has 0 radical (unpaired) electrons. The molecule has 0 saturated carbocycles. The van der Waals surface area contributed by atoms with E-state index in [2.05, 4.69) is 31.6 Å². The predicted octanol–water partition coefficient (Wildman–Crippen LogP) is 1.53. The number of aromatic nitrogens is 4. The number of nitrogens with one attached hydrogen (secondary N) is 5. The van der Waals surface area contributed by atoms with Crippen LogP contribution in [0.4, 0.5) is 22.1 Å². The number of amides is 6. The van der Waals surface area contributed by atoms with E-state index in [1.807, 2.05) is 0 Å². The molecule has 20 heteroatoms. The molecule has 4 rings (SSSR count). The highest BCUT2D eigenvalue weighted by Gasteiger charge is 2.48. The summed E-state index contributed by atoms with van der Waals surface area (Å²) in [4.78, 5) is 96.4. The number of anilines is 3. The summed E-state index contributed by atoms with van der Waals surface area (Å²) < 4.78 is 15.1. The number of hydrogen-bond donors (Lipinski definition) is 5. The molecule has 1 saturated heterocycles. The van der Waals surface area contributed by atoms with Gasteiger partial charge in [0.05, 0.1) is 25.3 Å². The van der Waals surface area contributed by atoms with Crippen LogP contribution in [0.25, 0.3) is 0 Å². The topological polar surface area (TPSA) is 232 Å². The van der Waals surface area contributed by atoms with Crippen molar-refractivity contribution in [3.05, 3.63) is 47.8 Å². The molecule has 4 heterocycles. The van der Waals surface area contributed by atoms with Crippen LogP contribution in [-0.4, -0.2) is 129 Å². The third-order valence-electron chi connectivity index (χ3n) is 8.71. The van der Waals surface area contributed by atoms with Gasteiger partial charge in [-0.05, 0) is 60.0 Å². The van der Waals surface area contributed by atoms with Crippen LogP contribution in [0, 0.1) is 5.41 Å². The zero-order chi connectivity index (χ0) is 42.2. The van der Waals surface area contributed by atoms with Crippen LogP contribution < -0.4 is 26.6 Å². The van der Waals surface area contributed by atoms with Gasteiger partial charge < -0.3 is 59.6 Å². The number of likely N-dealkylation sites (N-methyl/N-ethyl adjacent to an activating group) is 1. The molecule has 57 heavy (non-hydrogen) atoms. The molecule has 1 aliphatic heterocycles. The van der Waals surface area contributed by atoms with Gasteiger partial charge in [0.15, 0.2) is 5.82 Å². The van der Waals surface area contributed by atoms with E-state index in [4.69, 9.17) is 9.47 Å². The van der Waals surface area contributed by atoms with E-state index in [1.54, 1.807) is 90.7 Å². The summed E-state index contributed by atoms with van der Waals surface area (Å²) in [5.74, 6) is -2.07. The summed E-state index contributed by atoms with van der Waals surface area (Å²) in [5.41, 5.74) is -0.618. The van der Waals surface area contributed by atoms with Crippen LogP contribution in [0.5, 0.6) is 0 Å². The zero-order valence-electron chi connectivity index (χ0n) is 33.9. The van der Waals surface area contributed by atoms with Gasteiger partial charge >= 0.3 is 12.1 Å². The SMILES string of the molecule is CCOC(=O)CC1(CNC(=O)c2cc(NC(=O)c3nc(NC(=O)CCNC(=O)c4ccc(NC(=O)CN(C)C)n4C)cn3C)cn2C)CN(C(=O)OC(C)(C)C)C1. The van der Waals surface area contributed by atoms with E-state index in [0.717, 1.165) is 0 Å². The third kappa shape index (κ3) is 11.9. The van der Waals surface area contributed by atoms with Gasteiger partial charge in [0.25, 0.3) is 17.7 Å². The Hall–Kier alpha value is -6.18. The second-order valence-electron chi connectivity index (χ2n) is 15.2. The second-order valence-corrected chi connectivity index (χ2v) is 15.2. The van der Waals surface area contributed by atoms with Crippen molar-refractivity contribution in [1.82, 2.24) is 39.1 Å². The number of nitrogens with zero attached hydrogens (tertiary/aromatic N) is 6. The molecule has 1 aliphatic rings. The summed E-state index contributed by atoms with van der Waals surface area (Å²) in [6.45, 7) is 7.83. The number of carbonyl (C=O) groups is 7. The van der Waals surface area contributed by atoms with Crippen LogP contribution in [0.1, 0.15) is 72.1 Å². The summed E-state index contributed by atoms with van der Waals surface area (Å²) in [5, 5.41) is 13.6. The van der Waals surface area contributed by atoms with E-state index in [-0.39, 0.29) is 75.4 Å². The molecule has 20 nitrogen and oxygen atoms in total. The Morgan fingerprint density at radius 2 is 1.54 bits per heavy atom. The molecular formula is C37H53N11O9. The molecule has 0 aromatic carbocycles. The van der Waals surface area contributed by atoms with Gasteiger partial charge in [-0.1, -0.05) is 0 Å². The van der Waals surface area contributed by atoms with E-state index in [1.165, 1.54) is 26.3 Å². The number of ether oxygens (including phenoxy) is 2. The maximum absolute atomic E-state index is 13.3. The highest BCUT2D eigenvalue weighted by atomic mass is 16.6. The highest BCUT2D eigenvalue weighted by Crippen LogP contribution is 2.35. The molecule has 1 fully saturated rings. The van der Waals surface area contributed by atoms with Crippen molar-refractivity contribution >= 4 is 58.9 Å². The Bertz CT molecular complexity index is 2000. The van der Waals surface area contributed by atoms with Gasteiger partial charge in [-0.3, -0.25) is 28.8 Å². The van der Waals surface area contributed by atoms with Crippen molar-refractivity contribution in [2.45, 2.75) is 46.1 Å². The van der Waals surface area contributed by atoms with Crippen molar-refractivity contribution in [3.8, 4) is 0 Å². The van der Waals surface area contributed by atoms with E-state index in [9.17, 15) is 33.6 Å². The first kappa shape index (κ1) is 43.5. The molecule has 3 aromatic heterocycles.